The second-order valence-electron chi connectivity index (χ2n) is 6.80. The molecule has 1 fully saturated rings. The lowest BCUT2D eigenvalue weighted by Gasteiger charge is -2.38. The van der Waals surface area contributed by atoms with Crippen molar-refractivity contribution in [1.82, 2.24) is 0 Å². The quantitative estimate of drug-likeness (QED) is 0.750. The lowest BCUT2D eigenvalue weighted by molar-refractivity contribution is 0.0544. The minimum Gasteiger partial charge on any atom is -0.497 e. The molecular weight excluding hydrogens is 388 g/mol. The van der Waals surface area contributed by atoms with Crippen molar-refractivity contribution in [2.24, 2.45) is 0 Å². The Hall–Kier alpha value is -2.19. The number of sulfone groups is 1. The lowest BCUT2D eigenvalue weighted by Crippen LogP contribution is -2.40. The summed E-state index contributed by atoms with van der Waals surface area (Å²) in [5, 5.41) is 3.32. The van der Waals surface area contributed by atoms with E-state index in [0.717, 1.165) is 18.6 Å². The number of benzene rings is 2. The van der Waals surface area contributed by atoms with Crippen LogP contribution in [0.1, 0.15) is 18.4 Å². The van der Waals surface area contributed by atoms with Gasteiger partial charge in [-0.05, 0) is 54.8 Å². The Labute approximate surface area is 163 Å². The highest BCUT2D eigenvalue weighted by Gasteiger charge is 2.34. The maximum atomic E-state index is 12.7. The summed E-state index contributed by atoms with van der Waals surface area (Å²) in [4.78, 5) is -0.385. The number of rotatable bonds is 7. The fourth-order valence-electron chi connectivity index (χ4n) is 3.41. The van der Waals surface area contributed by atoms with Crippen LogP contribution < -0.4 is 10.1 Å². The molecule has 0 unspecified atom stereocenters. The van der Waals surface area contributed by atoms with E-state index in [-0.39, 0.29) is 10.3 Å². The van der Waals surface area contributed by atoms with Gasteiger partial charge in [-0.25, -0.2) is 8.42 Å². The van der Waals surface area contributed by atoms with Gasteiger partial charge in [-0.2, -0.15) is 8.78 Å². The second-order valence-corrected chi connectivity index (χ2v) is 8.72. The highest BCUT2D eigenvalue weighted by molar-refractivity contribution is 7.91. The molecule has 0 aliphatic carbocycles. The van der Waals surface area contributed by atoms with Crippen LogP contribution in [0, 0.1) is 0 Å². The summed E-state index contributed by atoms with van der Waals surface area (Å²) < 4.78 is 59.2. The molecule has 0 saturated carbocycles. The van der Waals surface area contributed by atoms with Crippen LogP contribution in [0.2, 0.25) is 0 Å². The molecule has 1 saturated heterocycles. The molecule has 1 aliphatic heterocycles. The van der Waals surface area contributed by atoms with Crippen molar-refractivity contribution in [2.75, 3.05) is 32.2 Å². The number of nitrogens with one attached hydrogen (secondary N) is 1. The molecule has 0 bridgehead atoms. The van der Waals surface area contributed by atoms with Crippen LogP contribution in [-0.4, -0.2) is 41.0 Å². The van der Waals surface area contributed by atoms with Gasteiger partial charge in [0.15, 0.2) is 0 Å². The maximum absolute atomic E-state index is 12.7. The first-order valence-electron chi connectivity index (χ1n) is 8.96. The molecular formula is C20H23F2NO4S. The molecule has 2 aromatic carbocycles. The maximum Gasteiger partial charge on any atom is 0.341 e. The average molecular weight is 411 g/mol. The minimum atomic E-state index is -4.58. The highest BCUT2D eigenvalue weighted by atomic mass is 32.2. The third kappa shape index (κ3) is 4.28. The molecule has 1 heterocycles. The molecule has 8 heteroatoms. The lowest BCUT2D eigenvalue weighted by atomic mass is 9.74. The van der Waals surface area contributed by atoms with Gasteiger partial charge in [0, 0.05) is 30.9 Å². The molecule has 0 amide bonds. The van der Waals surface area contributed by atoms with Crippen molar-refractivity contribution in [3.8, 4) is 5.75 Å². The van der Waals surface area contributed by atoms with E-state index in [2.05, 4.69) is 5.32 Å². The highest BCUT2D eigenvalue weighted by Crippen LogP contribution is 2.36. The number of ether oxygens (including phenoxy) is 2. The van der Waals surface area contributed by atoms with Crippen molar-refractivity contribution in [3.05, 3.63) is 54.1 Å². The molecule has 0 radical (unpaired) electrons. The molecule has 5 nitrogen and oxygen atoms in total. The van der Waals surface area contributed by atoms with Crippen molar-refractivity contribution in [2.45, 2.75) is 28.9 Å². The zero-order valence-corrected chi connectivity index (χ0v) is 16.3. The van der Waals surface area contributed by atoms with Crippen LogP contribution in [0.15, 0.2) is 53.4 Å². The van der Waals surface area contributed by atoms with Crippen LogP contribution >= 0.6 is 0 Å². The first-order chi connectivity index (χ1) is 13.4. The molecule has 0 aromatic heterocycles. The van der Waals surface area contributed by atoms with Crippen molar-refractivity contribution in [1.29, 1.82) is 0 Å². The number of alkyl halides is 2. The van der Waals surface area contributed by atoms with E-state index < -0.39 is 15.6 Å². The number of halogens is 2. The average Bonchev–Trinajstić information content (AvgIpc) is 2.73. The molecule has 3 rings (SSSR count). The van der Waals surface area contributed by atoms with Crippen molar-refractivity contribution in [3.63, 3.8) is 0 Å². The molecule has 152 valence electrons. The molecule has 0 atom stereocenters. The van der Waals surface area contributed by atoms with E-state index >= 15 is 0 Å². The normalized spacial score (nSPS) is 16.7. The van der Waals surface area contributed by atoms with Crippen molar-refractivity contribution >= 4 is 15.5 Å². The molecule has 28 heavy (non-hydrogen) atoms. The Morgan fingerprint density at radius 1 is 1.07 bits per heavy atom. The van der Waals surface area contributed by atoms with Crippen LogP contribution in [0.25, 0.3) is 0 Å². The van der Waals surface area contributed by atoms with Crippen LogP contribution in [0.5, 0.6) is 5.75 Å². The van der Waals surface area contributed by atoms with Crippen LogP contribution in [0.3, 0.4) is 0 Å². The van der Waals surface area contributed by atoms with E-state index in [9.17, 15) is 17.2 Å². The molecule has 1 N–H and O–H groups in total. The molecule has 0 spiro atoms. The first-order valence-corrected chi connectivity index (χ1v) is 10.5. The molecule has 2 aromatic rings. The summed E-state index contributed by atoms with van der Waals surface area (Å²) in [5.41, 5.74) is 1.70. The van der Waals surface area contributed by atoms with Gasteiger partial charge in [0.1, 0.15) is 5.75 Å². The number of anilines is 1. The Morgan fingerprint density at radius 3 is 2.21 bits per heavy atom. The Kier molecular flexibility index (Phi) is 6.20. The summed E-state index contributed by atoms with van der Waals surface area (Å²) in [6, 6.07) is 13.4. The van der Waals surface area contributed by atoms with E-state index in [0.29, 0.717) is 25.4 Å². The van der Waals surface area contributed by atoms with E-state index in [4.69, 9.17) is 9.47 Å². The minimum absolute atomic E-state index is 0.141. The van der Waals surface area contributed by atoms with E-state index in [1.807, 2.05) is 24.3 Å². The third-order valence-electron chi connectivity index (χ3n) is 5.20. The van der Waals surface area contributed by atoms with Gasteiger partial charge in [0.05, 0.1) is 12.0 Å². The number of hydrogen-bond acceptors (Lipinski definition) is 5. The van der Waals surface area contributed by atoms with Crippen LogP contribution in [0.4, 0.5) is 14.5 Å². The van der Waals surface area contributed by atoms with Gasteiger partial charge >= 0.3 is 5.76 Å². The third-order valence-corrected chi connectivity index (χ3v) is 6.60. The topological polar surface area (TPSA) is 64.6 Å². The Bertz CT molecular complexity index is 877. The second kappa shape index (κ2) is 8.45. The number of methoxy groups -OCH3 is 1. The van der Waals surface area contributed by atoms with Gasteiger partial charge in [0.25, 0.3) is 0 Å². The smallest absolute Gasteiger partial charge is 0.341 e. The van der Waals surface area contributed by atoms with Gasteiger partial charge < -0.3 is 14.8 Å². The Morgan fingerprint density at radius 2 is 1.68 bits per heavy atom. The van der Waals surface area contributed by atoms with Gasteiger partial charge in [0.2, 0.25) is 9.84 Å². The Balaban J connectivity index is 1.77. The fourth-order valence-corrected chi connectivity index (χ4v) is 4.13. The summed E-state index contributed by atoms with van der Waals surface area (Å²) in [5.74, 6) is -2.64. The summed E-state index contributed by atoms with van der Waals surface area (Å²) in [6.07, 6.45) is 1.67. The standard InChI is InChI=1S/C20H23F2NO4S/c1-26-17-6-2-15(3-7-17)20(10-12-27-13-11-20)14-23-16-4-8-18(9-5-16)28(24,25)19(21)22/h2-9,19,23H,10-14H2,1H3. The predicted molar refractivity (Wildman–Crippen MR) is 103 cm³/mol. The summed E-state index contributed by atoms with van der Waals surface area (Å²) in [6.45, 7) is 1.92. The van der Waals surface area contributed by atoms with E-state index in [1.54, 1.807) is 7.11 Å². The van der Waals surface area contributed by atoms with E-state index in [1.165, 1.54) is 29.8 Å². The summed E-state index contributed by atoms with van der Waals surface area (Å²) in [7, 11) is -2.96. The van der Waals surface area contributed by atoms with Crippen LogP contribution in [-0.2, 0) is 20.0 Å². The van der Waals surface area contributed by atoms with Gasteiger partial charge in [-0.1, -0.05) is 12.1 Å². The SMILES string of the molecule is COc1ccc(C2(CNc3ccc(S(=O)(=O)C(F)F)cc3)CCOCC2)cc1. The largest absolute Gasteiger partial charge is 0.497 e. The first kappa shape index (κ1) is 20.5. The zero-order valence-electron chi connectivity index (χ0n) is 15.5. The fraction of sp³-hybridized carbons (Fsp3) is 0.400. The van der Waals surface area contributed by atoms with Crippen molar-refractivity contribution < 1.29 is 26.7 Å². The predicted octanol–water partition coefficient (Wildman–Crippen LogP) is 3.85. The van der Waals surface area contributed by atoms with Gasteiger partial charge in [-0.3, -0.25) is 0 Å². The summed E-state index contributed by atoms with van der Waals surface area (Å²) >= 11 is 0. The zero-order chi connectivity index (χ0) is 20.2. The van der Waals surface area contributed by atoms with Gasteiger partial charge in [-0.15, -0.1) is 0 Å². The molecule has 1 aliphatic rings. The monoisotopic (exact) mass is 411 g/mol. The number of hydrogen-bond donors (Lipinski definition) is 1.